The highest BCUT2D eigenvalue weighted by Gasteiger charge is 2.25. The number of allylic oxidation sites excluding steroid dienone is 3. The van der Waals surface area contributed by atoms with Gasteiger partial charge in [0.25, 0.3) is 0 Å². The standard InChI is InChI=1S/C24H35NO3.C13H14N2.C3H8.2C2H6/c1-16(2)19(5)21(13-18(4)20-9-7-6-8-10-20)12-11-17(3)24(28)22(15-26)14-23(25)27;1-11(2)10-12-4-6-13(7-5-12)15-9-3-8-14-15;1-3-2;2*1-2/h6-10,12,15-19,22H,11,13-14H2,1-5H3,(H2,25,27);3-9H,1,10H2,2H3;3H2,1-2H3;2*1-2H3/b21-12-;;;;/t17?,18-,19?,22?;;;;/m0..../s1. The number of amides is 1. The highest BCUT2D eigenvalue weighted by atomic mass is 16.2. The molecule has 1 amide bonds. The largest absolute Gasteiger partial charge is 0.370 e. The molecule has 278 valence electrons. The van der Waals surface area contributed by atoms with Crippen molar-refractivity contribution in [1.82, 2.24) is 9.78 Å². The Labute approximate surface area is 305 Å². The number of Topliss-reactive ketones (excluding diaryl/α,β-unsaturated/α-hetero) is 1. The molecule has 1 aromatic heterocycles. The van der Waals surface area contributed by atoms with E-state index in [0.717, 1.165) is 18.5 Å². The zero-order valence-electron chi connectivity index (χ0n) is 33.4. The molecule has 0 aliphatic heterocycles. The number of hydrogen-bond donors (Lipinski definition) is 1. The van der Waals surface area contributed by atoms with Gasteiger partial charge in [-0.05, 0) is 73.3 Å². The van der Waals surface area contributed by atoms with Crippen LogP contribution in [-0.4, -0.2) is 27.8 Å². The van der Waals surface area contributed by atoms with Gasteiger partial charge in [-0.15, -0.1) is 0 Å². The van der Waals surface area contributed by atoms with Crippen molar-refractivity contribution in [3.05, 3.63) is 108 Å². The van der Waals surface area contributed by atoms with Crippen LogP contribution in [0.5, 0.6) is 0 Å². The molecule has 3 aromatic rings. The number of aldehydes is 1. The molecule has 50 heavy (non-hydrogen) atoms. The van der Waals surface area contributed by atoms with Crippen LogP contribution < -0.4 is 5.73 Å². The Bertz CT molecular complexity index is 1340. The molecule has 3 unspecified atom stereocenters. The number of aromatic nitrogens is 2. The second kappa shape index (κ2) is 28.7. The smallest absolute Gasteiger partial charge is 0.218 e. The predicted octanol–water partition coefficient (Wildman–Crippen LogP) is 11.1. The molecule has 2 aromatic carbocycles. The molecule has 6 heteroatoms. The molecule has 4 atom stereocenters. The van der Waals surface area contributed by atoms with Crippen molar-refractivity contribution in [3.8, 4) is 5.69 Å². The van der Waals surface area contributed by atoms with Gasteiger partial charge in [-0.2, -0.15) is 5.10 Å². The van der Waals surface area contributed by atoms with Crippen LogP contribution in [0.15, 0.2) is 96.9 Å². The third-order valence-corrected chi connectivity index (χ3v) is 7.88. The monoisotopic (exact) mass is 688 g/mol. The van der Waals surface area contributed by atoms with Crippen molar-refractivity contribution < 1.29 is 14.4 Å². The molecule has 0 aliphatic rings. The summed E-state index contributed by atoms with van der Waals surface area (Å²) in [5, 5.41) is 4.18. The number of benzene rings is 2. The summed E-state index contributed by atoms with van der Waals surface area (Å²) in [7, 11) is 0. The second-order valence-corrected chi connectivity index (χ2v) is 12.7. The van der Waals surface area contributed by atoms with E-state index in [1.807, 2.05) is 64.6 Å². The molecule has 0 spiro atoms. The fraction of sp³-hybridized carbons (Fsp3) is 0.500. The minimum absolute atomic E-state index is 0.210. The van der Waals surface area contributed by atoms with E-state index in [1.54, 1.807) is 6.20 Å². The van der Waals surface area contributed by atoms with Crippen molar-refractivity contribution in [2.45, 2.75) is 121 Å². The number of hydrogen-bond acceptors (Lipinski definition) is 4. The highest BCUT2D eigenvalue weighted by Crippen LogP contribution is 2.31. The van der Waals surface area contributed by atoms with Crippen molar-refractivity contribution in [2.24, 2.45) is 29.4 Å². The lowest BCUT2D eigenvalue weighted by molar-refractivity contribution is -0.133. The summed E-state index contributed by atoms with van der Waals surface area (Å²) in [5.41, 5.74) is 11.3. The van der Waals surface area contributed by atoms with Crippen molar-refractivity contribution in [3.63, 3.8) is 0 Å². The Hall–Kier alpha value is -4.06. The molecule has 0 aliphatic carbocycles. The average molecular weight is 688 g/mol. The van der Waals surface area contributed by atoms with E-state index in [2.05, 4.69) is 108 Å². The average Bonchev–Trinajstić information content (AvgIpc) is 3.66. The van der Waals surface area contributed by atoms with E-state index in [0.29, 0.717) is 30.5 Å². The summed E-state index contributed by atoms with van der Waals surface area (Å²) in [6.45, 7) is 28.9. The Morgan fingerprint density at radius 1 is 0.880 bits per heavy atom. The van der Waals surface area contributed by atoms with Crippen molar-refractivity contribution >= 4 is 18.0 Å². The third kappa shape index (κ3) is 19.8. The van der Waals surface area contributed by atoms with Gasteiger partial charge in [-0.3, -0.25) is 9.59 Å². The van der Waals surface area contributed by atoms with Crippen LogP contribution in [0.4, 0.5) is 0 Å². The number of nitrogens with zero attached hydrogens (tertiary/aromatic N) is 2. The molecule has 0 saturated carbocycles. The molecular weight excluding hydrogens is 619 g/mol. The van der Waals surface area contributed by atoms with E-state index in [9.17, 15) is 14.4 Å². The number of carbonyl (C=O) groups is 3. The van der Waals surface area contributed by atoms with Crippen LogP contribution in [0.1, 0.15) is 126 Å². The van der Waals surface area contributed by atoms with Gasteiger partial charge < -0.3 is 10.5 Å². The van der Waals surface area contributed by atoms with Crippen molar-refractivity contribution in [1.29, 1.82) is 0 Å². The fourth-order valence-corrected chi connectivity index (χ4v) is 4.92. The Balaban J connectivity index is 0. The topological polar surface area (TPSA) is 95.1 Å². The van der Waals surface area contributed by atoms with Gasteiger partial charge in [-0.1, -0.05) is 149 Å². The summed E-state index contributed by atoms with van der Waals surface area (Å²) in [6, 6.07) is 20.7. The molecule has 0 radical (unpaired) electrons. The molecular formula is C44H69N3O3. The molecule has 3 rings (SSSR count). The summed E-state index contributed by atoms with van der Waals surface area (Å²) in [4.78, 5) is 34.8. The first-order chi connectivity index (χ1) is 23.8. The van der Waals surface area contributed by atoms with Gasteiger partial charge in [0, 0.05) is 24.7 Å². The maximum absolute atomic E-state index is 12.5. The zero-order chi connectivity index (χ0) is 38.6. The van der Waals surface area contributed by atoms with Gasteiger partial charge in [-0.25, -0.2) is 4.68 Å². The Kier molecular flexibility index (Phi) is 27.6. The molecule has 0 saturated heterocycles. The molecule has 1 heterocycles. The molecule has 0 bridgehead atoms. The van der Waals surface area contributed by atoms with Gasteiger partial charge >= 0.3 is 0 Å². The van der Waals surface area contributed by atoms with Crippen LogP contribution >= 0.6 is 0 Å². The lowest BCUT2D eigenvalue weighted by Gasteiger charge is -2.24. The number of nitrogens with two attached hydrogens (primary N) is 1. The summed E-state index contributed by atoms with van der Waals surface area (Å²) >= 11 is 0. The summed E-state index contributed by atoms with van der Waals surface area (Å²) < 4.78 is 1.85. The van der Waals surface area contributed by atoms with E-state index >= 15 is 0 Å². The third-order valence-electron chi connectivity index (χ3n) is 7.88. The quantitative estimate of drug-likeness (QED) is 0.0977. The fourth-order valence-electron chi connectivity index (χ4n) is 4.92. The summed E-state index contributed by atoms with van der Waals surface area (Å²) in [6.07, 6.45) is 9.91. The second-order valence-electron chi connectivity index (χ2n) is 12.7. The minimum Gasteiger partial charge on any atom is -0.370 e. The Morgan fingerprint density at radius 3 is 1.88 bits per heavy atom. The summed E-state index contributed by atoms with van der Waals surface area (Å²) in [5.74, 6) is -0.807. The maximum Gasteiger partial charge on any atom is 0.218 e. The lowest BCUT2D eigenvalue weighted by Crippen LogP contribution is -2.27. The first-order valence-corrected chi connectivity index (χ1v) is 18.6. The first kappa shape index (κ1) is 48.1. The SMILES string of the molecule is C=C(C)Cc1ccc(-n2cccn2)cc1.CC.CC.CC(C/C=C(/C[C@H](C)c1ccccc1)C(C)C(C)C)C(=O)C(C=O)CC(N)=O.CCC. The van der Waals surface area contributed by atoms with Crippen LogP contribution in [0.2, 0.25) is 0 Å². The predicted molar refractivity (Wildman–Crippen MR) is 214 cm³/mol. The van der Waals surface area contributed by atoms with E-state index in [-0.39, 0.29) is 18.1 Å². The van der Waals surface area contributed by atoms with Crippen molar-refractivity contribution in [2.75, 3.05) is 0 Å². The number of ketones is 1. The minimum atomic E-state index is -0.935. The molecule has 2 N–H and O–H groups in total. The zero-order valence-corrected chi connectivity index (χ0v) is 33.4. The van der Waals surface area contributed by atoms with Crippen LogP contribution in [0.3, 0.4) is 0 Å². The molecule has 0 fully saturated rings. The van der Waals surface area contributed by atoms with Gasteiger partial charge in [0.2, 0.25) is 5.91 Å². The van der Waals surface area contributed by atoms with Crippen LogP contribution in [-0.2, 0) is 20.8 Å². The van der Waals surface area contributed by atoms with Crippen LogP contribution in [0.25, 0.3) is 5.69 Å². The first-order valence-electron chi connectivity index (χ1n) is 18.6. The van der Waals surface area contributed by atoms with E-state index in [1.165, 1.54) is 28.7 Å². The molecule has 6 nitrogen and oxygen atoms in total. The maximum atomic E-state index is 12.5. The van der Waals surface area contributed by atoms with E-state index < -0.39 is 11.8 Å². The van der Waals surface area contributed by atoms with E-state index in [4.69, 9.17) is 5.73 Å². The number of rotatable bonds is 15. The lowest BCUT2D eigenvalue weighted by atomic mass is 9.81. The number of primary amides is 1. The Morgan fingerprint density at radius 2 is 1.44 bits per heavy atom. The number of carbonyl (C=O) groups excluding carboxylic acids is 3. The van der Waals surface area contributed by atoms with Gasteiger partial charge in [0.1, 0.15) is 12.1 Å². The van der Waals surface area contributed by atoms with Gasteiger partial charge in [0.05, 0.1) is 11.6 Å². The van der Waals surface area contributed by atoms with Crippen LogP contribution in [0, 0.1) is 23.7 Å². The normalized spacial score (nSPS) is 12.8. The highest BCUT2D eigenvalue weighted by molar-refractivity contribution is 5.98. The van der Waals surface area contributed by atoms with Gasteiger partial charge in [0.15, 0.2) is 0 Å².